The number of nitrogens with zero attached hydrogens (tertiary/aromatic N) is 3. The number of pyridine rings is 1. The van der Waals surface area contributed by atoms with Crippen molar-refractivity contribution in [2.45, 2.75) is 11.8 Å². The van der Waals surface area contributed by atoms with Gasteiger partial charge in [0.2, 0.25) is 5.91 Å². The van der Waals surface area contributed by atoms with Crippen LogP contribution in [0.15, 0.2) is 107 Å². The van der Waals surface area contributed by atoms with Crippen LogP contribution >= 0.6 is 0 Å². The van der Waals surface area contributed by atoms with E-state index in [9.17, 15) is 9.00 Å². The highest BCUT2D eigenvalue weighted by atomic mass is 32.2. The fourth-order valence-electron chi connectivity index (χ4n) is 4.81. The van der Waals surface area contributed by atoms with Gasteiger partial charge in [-0.15, -0.1) is 0 Å². The zero-order valence-corrected chi connectivity index (χ0v) is 22.5. The number of rotatable bonds is 6. The Morgan fingerprint density at radius 2 is 1.67 bits per heavy atom. The molecule has 0 aliphatic rings. The van der Waals surface area contributed by atoms with Crippen LogP contribution in [-0.2, 0) is 15.8 Å². The first-order valence-electron chi connectivity index (χ1n) is 12.4. The topological polar surface area (TPSA) is 82.4 Å². The summed E-state index contributed by atoms with van der Waals surface area (Å²) >= 11 is 0. The van der Waals surface area contributed by atoms with Crippen molar-refractivity contribution < 1.29 is 13.4 Å². The van der Waals surface area contributed by atoms with Crippen molar-refractivity contribution in [3.63, 3.8) is 0 Å². The number of furan rings is 1. The van der Waals surface area contributed by atoms with Crippen molar-refractivity contribution >= 4 is 50.2 Å². The quantitative estimate of drug-likeness (QED) is 0.255. The Bertz CT molecular complexity index is 1830. The Labute approximate surface area is 228 Å². The van der Waals surface area contributed by atoms with Gasteiger partial charge >= 0.3 is 0 Å². The van der Waals surface area contributed by atoms with Crippen LogP contribution in [0.3, 0.4) is 0 Å². The van der Waals surface area contributed by atoms with Crippen molar-refractivity contribution in [3.05, 3.63) is 97.6 Å². The predicted molar refractivity (Wildman–Crippen MR) is 157 cm³/mol. The second kappa shape index (κ2) is 9.89. The van der Waals surface area contributed by atoms with Gasteiger partial charge in [0, 0.05) is 60.3 Å². The van der Waals surface area contributed by atoms with Gasteiger partial charge in [-0.3, -0.25) is 9.10 Å². The molecule has 0 saturated carbocycles. The Kier molecular flexibility index (Phi) is 6.24. The van der Waals surface area contributed by atoms with Crippen molar-refractivity contribution in [1.82, 2.24) is 9.97 Å². The highest BCUT2D eigenvalue weighted by Crippen LogP contribution is 2.41. The summed E-state index contributed by atoms with van der Waals surface area (Å²) in [4.78, 5) is 22.3. The lowest BCUT2D eigenvalue weighted by Crippen LogP contribution is -2.22. The highest BCUT2D eigenvalue weighted by Gasteiger charge is 2.20. The van der Waals surface area contributed by atoms with Crippen LogP contribution in [0.25, 0.3) is 44.2 Å². The van der Waals surface area contributed by atoms with Gasteiger partial charge in [-0.2, -0.15) is 0 Å². The fourth-order valence-corrected chi connectivity index (χ4v) is 5.75. The molecular weight excluding hydrogens is 508 g/mol. The second-order valence-electron chi connectivity index (χ2n) is 9.32. The standard InChI is InChI=1S/C31H26N4O3S/c1-20(36)34(2)23-11-9-21(10-12-23)27-18-32-31-30(29(27)22-7-5-4-6-8-22)26-17-24(13-14-28(26)33-31)35(3)39(37)25-15-16-38-19-25/h4-19H,1-3H3,(H,32,33). The molecule has 0 aliphatic heterocycles. The summed E-state index contributed by atoms with van der Waals surface area (Å²) in [5, 5.41) is 1.97. The van der Waals surface area contributed by atoms with Gasteiger partial charge in [0.1, 0.15) is 11.9 Å². The molecule has 3 aromatic heterocycles. The minimum Gasteiger partial charge on any atom is -0.471 e. The molecule has 7 nitrogen and oxygen atoms in total. The number of benzene rings is 3. The van der Waals surface area contributed by atoms with E-state index in [1.807, 2.05) is 60.8 Å². The van der Waals surface area contributed by atoms with E-state index >= 15 is 0 Å². The highest BCUT2D eigenvalue weighted by molar-refractivity contribution is 7.86. The normalized spacial score (nSPS) is 12.1. The Morgan fingerprint density at radius 1 is 0.923 bits per heavy atom. The van der Waals surface area contributed by atoms with Gasteiger partial charge < -0.3 is 14.3 Å². The Hall–Kier alpha value is -4.69. The van der Waals surface area contributed by atoms with E-state index in [2.05, 4.69) is 23.2 Å². The van der Waals surface area contributed by atoms with Gasteiger partial charge in [-0.1, -0.05) is 42.5 Å². The molecule has 0 aliphatic carbocycles. The fraction of sp³-hybridized carbons (Fsp3) is 0.0968. The van der Waals surface area contributed by atoms with E-state index in [0.29, 0.717) is 4.90 Å². The van der Waals surface area contributed by atoms with Crippen molar-refractivity contribution in [1.29, 1.82) is 0 Å². The van der Waals surface area contributed by atoms with Crippen LogP contribution in [0.2, 0.25) is 0 Å². The number of anilines is 2. The summed E-state index contributed by atoms with van der Waals surface area (Å²) in [6.45, 7) is 1.55. The van der Waals surface area contributed by atoms with Crippen LogP contribution in [0, 0.1) is 0 Å². The molecule has 0 radical (unpaired) electrons. The first kappa shape index (κ1) is 24.6. The summed E-state index contributed by atoms with van der Waals surface area (Å²) in [7, 11) is 2.16. The largest absolute Gasteiger partial charge is 0.471 e. The summed E-state index contributed by atoms with van der Waals surface area (Å²) in [5.74, 6) is -0.0240. The number of amides is 1. The summed E-state index contributed by atoms with van der Waals surface area (Å²) in [6, 6.07) is 25.9. The second-order valence-corrected chi connectivity index (χ2v) is 10.8. The van der Waals surface area contributed by atoms with E-state index in [4.69, 9.17) is 9.40 Å². The van der Waals surface area contributed by atoms with Crippen molar-refractivity contribution in [3.8, 4) is 22.3 Å². The summed E-state index contributed by atoms with van der Waals surface area (Å²) in [6.07, 6.45) is 4.92. The van der Waals surface area contributed by atoms with Crippen LogP contribution in [0.4, 0.5) is 11.4 Å². The molecule has 1 N–H and O–H groups in total. The molecular formula is C31H26N4O3S. The molecule has 39 heavy (non-hydrogen) atoms. The lowest BCUT2D eigenvalue weighted by molar-refractivity contribution is -0.116. The molecule has 3 aromatic carbocycles. The zero-order valence-electron chi connectivity index (χ0n) is 21.7. The molecule has 6 rings (SSSR count). The number of nitrogens with one attached hydrogen (secondary N) is 1. The van der Waals surface area contributed by atoms with Gasteiger partial charge in [0.05, 0.1) is 16.8 Å². The minimum absolute atomic E-state index is 0.0240. The maximum atomic E-state index is 13.1. The van der Waals surface area contributed by atoms with E-state index in [1.165, 1.54) is 12.5 Å². The summed E-state index contributed by atoms with van der Waals surface area (Å²) in [5.41, 5.74) is 7.44. The van der Waals surface area contributed by atoms with E-state index in [0.717, 1.165) is 55.6 Å². The maximum Gasteiger partial charge on any atom is 0.223 e. The number of aromatic amines is 1. The van der Waals surface area contributed by atoms with Crippen LogP contribution in [0.1, 0.15) is 6.92 Å². The first-order valence-corrected chi connectivity index (χ1v) is 13.6. The van der Waals surface area contributed by atoms with E-state index in [-0.39, 0.29) is 5.91 Å². The molecule has 1 amide bonds. The van der Waals surface area contributed by atoms with Crippen molar-refractivity contribution in [2.24, 2.45) is 0 Å². The molecule has 0 saturated heterocycles. The number of hydrogen-bond donors (Lipinski definition) is 1. The minimum atomic E-state index is -1.41. The summed E-state index contributed by atoms with van der Waals surface area (Å²) < 4.78 is 20.0. The van der Waals surface area contributed by atoms with E-state index in [1.54, 1.807) is 36.3 Å². The van der Waals surface area contributed by atoms with Gasteiger partial charge in [-0.25, -0.2) is 9.19 Å². The number of aromatic nitrogens is 2. The zero-order chi connectivity index (χ0) is 27.1. The van der Waals surface area contributed by atoms with Gasteiger partial charge in [0.15, 0.2) is 11.0 Å². The van der Waals surface area contributed by atoms with Gasteiger partial charge in [-0.05, 0) is 47.5 Å². The molecule has 0 bridgehead atoms. The average molecular weight is 535 g/mol. The molecule has 1 unspecified atom stereocenters. The SMILES string of the molecule is CC(=O)N(C)c1ccc(-c2cnc3[nH]c4ccc(N(C)S(=O)c5ccoc5)cc4c3c2-c2ccccc2)cc1. The maximum absolute atomic E-state index is 13.1. The van der Waals surface area contributed by atoms with Gasteiger partial charge in [0.25, 0.3) is 0 Å². The number of hydrogen-bond acceptors (Lipinski definition) is 4. The van der Waals surface area contributed by atoms with Crippen LogP contribution in [-0.4, -0.2) is 34.2 Å². The number of carbonyl (C=O) groups excluding carboxylic acids is 1. The predicted octanol–water partition coefficient (Wildman–Crippen LogP) is 6.78. The first-order chi connectivity index (χ1) is 18.9. The number of fused-ring (bicyclic) bond motifs is 3. The third kappa shape index (κ3) is 4.38. The van der Waals surface area contributed by atoms with Crippen LogP contribution < -0.4 is 9.21 Å². The Morgan fingerprint density at radius 3 is 2.36 bits per heavy atom. The molecule has 6 aromatic rings. The third-order valence-corrected chi connectivity index (χ3v) is 8.36. The molecule has 194 valence electrons. The van der Waals surface area contributed by atoms with Crippen molar-refractivity contribution in [2.75, 3.05) is 23.3 Å². The molecule has 3 heterocycles. The molecule has 0 fully saturated rings. The lowest BCUT2D eigenvalue weighted by atomic mass is 9.92. The molecule has 8 heteroatoms. The van der Waals surface area contributed by atoms with Crippen LogP contribution in [0.5, 0.6) is 0 Å². The molecule has 0 spiro atoms. The number of H-pyrrole nitrogens is 1. The Balaban J connectivity index is 1.55. The monoisotopic (exact) mass is 534 g/mol. The lowest BCUT2D eigenvalue weighted by Gasteiger charge is -2.18. The smallest absolute Gasteiger partial charge is 0.223 e. The average Bonchev–Trinajstić information content (AvgIpc) is 3.64. The third-order valence-electron chi connectivity index (χ3n) is 7.01. The molecule has 1 atom stereocenters. The van der Waals surface area contributed by atoms with E-state index < -0.39 is 11.0 Å². The number of carbonyl (C=O) groups is 1.